The van der Waals surface area contributed by atoms with E-state index in [2.05, 4.69) is 50.5 Å². The van der Waals surface area contributed by atoms with Crippen molar-refractivity contribution in [3.05, 3.63) is 116 Å². The Hall–Kier alpha value is -2.97. The number of hydrogen-bond donors (Lipinski definition) is 1. The van der Waals surface area contributed by atoms with Crippen LogP contribution in [0.4, 0.5) is 5.69 Å². The number of benzene rings is 3. The predicted molar refractivity (Wildman–Crippen MR) is 179 cm³/mol. The lowest BCUT2D eigenvalue weighted by Gasteiger charge is -2.25. The van der Waals surface area contributed by atoms with E-state index in [4.69, 9.17) is 14.5 Å². The van der Waals surface area contributed by atoms with Gasteiger partial charge in [-0.05, 0) is 120 Å². The number of ether oxygens (including phenoxy) is 2. The summed E-state index contributed by atoms with van der Waals surface area (Å²) in [5.74, 6) is 1.22. The minimum atomic E-state index is -0.662. The summed E-state index contributed by atoms with van der Waals surface area (Å²) in [6.07, 6.45) is 1.93. The van der Waals surface area contributed by atoms with E-state index in [9.17, 15) is 9.59 Å². The van der Waals surface area contributed by atoms with Crippen LogP contribution in [0.15, 0.2) is 87.8 Å². The van der Waals surface area contributed by atoms with Crippen LogP contribution < -0.4 is 29.7 Å². The Bertz CT molecular complexity index is 1800. The summed E-state index contributed by atoms with van der Waals surface area (Å²) < 4.78 is 15.4. The molecule has 1 N–H and O–H groups in total. The van der Waals surface area contributed by atoms with E-state index in [1.807, 2.05) is 93.6 Å². The second-order valence-corrected chi connectivity index (χ2v) is 13.0. The first kappa shape index (κ1) is 29.5. The zero-order chi connectivity index (χ0) is 29.3. The lowest BCUT2D eigenvalue weighted by Crippen LogP contribution is -2.40. The summed E-state index contributed by atoms with van der Waals surface area (Å²) in [7, 11) is 1.60. The number of nitrogens with zero attached hydrogens (tertiary/aromatic N) is 2. The van der Waals surface area contributed by atoms with Gasteiger partial charge in [0.05, 0.1) is 42.2 Å². The molecule has 0 spiro atoms. The average Bonchev–Trinajstić information content (AvgIpc) is 3.24. The van der Waals surface area contributed by atoms with Gasteiger partial charge in [0, 0.05) is 5.69 Å². The van der Waals surface area contributed by atoms with Gasteiger partial charge < -0.3 is 14.8 Å². The van der Waals surface area contributed by atoms with Crippen molar-refractivity contribution in [2.24, 2.45) is 4.99 Å². The Balaban J connectivity index is 1.64. The lowest BCUT2D eigenvalue weighted by molar-refractivity contribution is -0.113. The maximum atomic E-state index is 14.0. The van der Waals surface area contributed by atoms with Crippen LogP contribution >= 0.6 is 56.5 Å². The minimum absolute atomic E-state index is 0.0565. The first-order valence-corrected chi connectivity index (χ1v) is 15.8. The lowest BCUT2D eigenvalue weighted by atomic mass is 9.95. The molecular formula is C31H27I2N3O4S. The molecule has 10 heteroatoms. The number of amides is 1. The fourth-order valence-electron chi connectivity index (χ4n) is 4.60. The molecule has 1 amide bonds. The Kier molecular flexibility index (Phi) is 9.00. The molecule has 1 aliphatic rings. The molecule has 0 bridgehead atoms. The first-order valence-electron chi connectivity index (χ1n) is 12.8. The number of hydrogen-bond acceptors (Lipinski definition) is 6. The maximum Gasteiger partial charge on any atom is 0.271 e. The zero-order valence-corrected chi connectivity index (χ0v) is 27.9. The van der Waals surface area contributed by atoms with Gasteiger partial charge in [-0.2, -0.15) is 0 Å². The maximum absolute atomic E-state index is 14.0. The summed E-state index contributed by atoms with van der Waals surface area (Å²) in [4.78, 5) is 33.0. The molecule has 0 saturated carbocycles. The second-order valence-electron chi connectivity index (χ2n) is 9.66. The average molecular weight is 791 g/mol. The van der Waals surface area contributed by atoms with E-state index in [0.29, 0.717) is 32.0 Å². The third-order valence-electron chi connectivity index (χ3n) is 6.40. The van der Waals surface area contributed by atoms with E-state index >= 15 is 0 Å². The zero-order valence-electron chi connectivity index (χ0n) is 22.8. The van der Waals surface area contributed by atoms with Crippen molar-refractivity contribution in [1.29, 1.82) is 0 Å². The summed E-state index contributed by atoms with van der Waals surface area (Å²) in [5.41, 5.74) is 3.10. The van der Waals surface area contributed by atoms with Gasteiger partial charge in [0.15, 0.2) is 4.80 Å². The van der Waals surface area contributed by atoms with Crippen LogP contribution in [-0.4, -0.2) is 23.7 Å². The Labute approximate surface area is 268 Å². The number of thiazole rings is 1. The van der Waals surface area contributed by atoms with Crippen molar-refractivity contribution in [3.8, 4) is 11.5 Å². The smallest absolute Gasteiger partial charge is 0.271 e. The monoisotopic (exact) mass is 791 g/mol. The van der Waals surface area contributed by atoms with Crippen LogP contribution in [0.5, 0.6) is 11.5 Å². The molecule has 3 aromatic carbocycles. The number of halogens is 2. The highest BCUT2D eigenvalue weighted by molar-refractivity contribution is 14.1. The predicted octanol–water partition coefficient (Wildman–Crippen LogP) is 5.88. The Morgan fingerprint density at radius 2 is 1.73 bits per heavy atom. The van der Waals surface area contributed by atoms with Crippen molar-refractivity contribution in [1.82, 2.24) is 4.57 Å². The highest BCUT2D eigenvalue weighted by Crippen LogP contribution is 2.32. The summed E-state index contributed by atoms with van der Waals surface area (Å²) in [5, 5.41) is 2.98. The molecule has 4 aromatic rings. The Morgan fingerprint density at radius 1 is 1.07 bits per heavy atom. The van der Waals surface area contributed by atoms with E-state index in [0.717, 1.165) is 24.0 Å². The molecule has 5 rings (SSSR count). The molecule has 1 atom stereocenters. The van der Waals surface area contributed by atoms with Crippen LogP contribution in [-0.2, 0) is 4.79 Å². The SMILES string of the molecule is COc1ccc([C@@H]2C(C(=O)Nc3ccccc3)=C(C)N=c3s/c(=C/c4cc(I)c(OC(C)C)c(I)c4)c(=O)n32)cc1. The van der Waals surface area contributed by atoms with Gasteiger partial charge in [0.1, 0.15) is 11.5 Å². The normalized spacial score (nSPS) is 15.0. The number of rotatable bonds is 7. The molecule has 0 radical (unpaired) electrons. The third kappa shape index (κ3) is 6.28. The number of nitrogens with one attached hydrogen (secondary N) is 1. The van der Waals surface area contributed by atoms with Gasteiger partial charge in [-0.3, -0.25) is 14.2 Å². The van der Waals surface area contributed by atoms with Gasteiger partial charge in [-0.15, -0.1) is 0 Å². The Morgan fingerprint density at radius 3 is 2.34 bits per heavy atom. The van der Waals surface area contributed by atoms with Gasteiger partial charge in [-0.25, -0.2) is 4.99 Å². The fourth-order valence-corrected chi connectivity index (χ4v) is 7.71. The molecule has 0 fully saturated rings. The summed E-state index contributed by atoms with van der Waals surface area (Å²) in [6.45, 7) is 5.80. The molecule has 41 heavy (non-hydrogen) atoms. The number of carbonyl (C=O) groups excluding carboxylic acids is 1. The molecular weight excluding hydrogens is 764 g/mol. The van der Waals surface area contributed by atoms with E-state index in [1.165, 1.54) is 11.3 Å². The number of carbonyl (C=O) groups is 1. The highest BCUT2D eigenvalue weighted by Gasteiger charge is 2.32. The van der Waals surface area contributed by atoms with E-state index in [1.54, 1.807) is 11.7 Å². The fraction of sp³-hybridized carbons (Fsp3) is 0.194. The number of para-hydroxylation sites is 1. The van der Waals surface area contributed by atoms with Crippen LogP contribution in [0, 0.1) is 7.14 Å². The van der Waals surface area contributed by atoms with E-state index < -0.39 is 6.04 Å². The first-order chi connectivity index (χ1) is 19.7. The number of methoxy groups -OCH3 is 1. The molecule has 0 unspecified atom stereocenters. The molecule has 7 nitrogen and oxygen atoms in total. The van der Waals surface area contributed by atoms with E-state index in [-0.39, 0.29) is 17.6 Å². The van der Waals surface area contributed by atoms with Crippen LogP contribution in [0.25, 0.3) is 6.08 Å². The molecule has 210 valence electrons. The number of allylic oxidation sites excluding steroid dienone is 1. The standard InChI is InChI=1S/C31H27I2N3O4S/c1-17(2)40-28-23(32)14-19(15-24(28)33)16-25-30(38)36-27(20-10-12-22(39-4)13-11-20)26(18(3)34-31(36)41-25)29(37)35-21-8-6-5-7-9-21/h5-17,27H,1-4H3,(H,35,37)/b25-16+/t27-/m1/s1. The minimum Gasteiger partial charge on any atom is -0.497 e. The van der Waals surface area contributed by atoms with Crippen molar-refractivity contribution >= 4 is 74.2 Å². The summed E-state index contributed by atoms with van der Waals surface area (Å²) in [6, 6.07) is 20.0. The molecule has 0 saturated heterocycles. The molecule has 1 aliphatic heterocycles. The highest BCUT2D eigenvalue weighted by atomic mass is 127. The van der Waals surface area contributed by atoms with Crippen molar-refractivity contribution in [2.45, 2.75) is 32.9 Å². The largest absolute Gasteiger partial charge is 0.497 e. The number of fused-ring (bicyclic) bond motifs is 1. The number of aromatic nitrogens is 1. The molecule has 2 heterocycles. The van der Waals surface area contributed by atoms with Gasteiger partial charge in [-0.1, -0.05) is 41.7 Å². The number of anilines is 1. The topological polar surface area (TPSA) is 81.9 Å². The van der Waals surface area contributed by atoms with Crippen LogP contribution in [0.2, 0.25) is 0 Å². The quantitative estimate of drug-likeness (QED) is 0.238. The van der Waals surface area contributed by atoms with Gasteiger partial charge >= 0.3 is 0 Å². The van der Waals surface area contributed by atoms with Gasteiger partial charge in [0.25, 0.3) is 11.5 Å². The van der Waals surface area contributed by atoms with Crippen LogP contribution in [0.3, 0.4) is 0 Å². The van der Waals surface area contributed by atoms with Crippen LogP contribution in [0.1, 0.15) is 37.9 Å². The second kappa shape index (κ2) is 12.5. The van der Waals surface area contributed by atoms with Gasteiger partial charge in [0.2, 0.25) is 0 Å². The third-order valence-corrected chi connectivity index (χ3v) is 8.99. The van der Waals surface area contributed by atoms with Crippen molar-refractivity contribution in [3.63, 3.8) is 0 Å². The molecule has 1 aromatic heterocycles. The summed E-state index contributed by atoms with van der Waals surface area (Å²) >= 11 is 5.84. The van der Waals surface area contributed by atoms with Crippen molar-refractivity contribution < 1.29 is 14.3 Å². The van der Waals surface area contributed by atoms with Crippen molar-refractivity contribution in [2.75, 3.05) is 12.4 Å². The molecule has 0 aliphatic carbocycles.